The van der Waals surface area contributed by atoms with Gasteiger partial charge in [-0.1, -0.05) is 0 Å². The maximum absolute atomic E-state index is 11.0. The summed E-state index contributed by atoms with van der Waals surface area (Å²) in [7, 11) is 0. The lowest BCUT2D eigenvalue weighted by Gasteiger charge is -2.24. The molecule has 11 heavy (non-hydrogen) atoms. The highest BCUT2D eigenvalue weighted by molar-refractivity contribution is 6.00. The van der Waals surface area contributed by atoms with Crippen LogP contribution in [-0.4, -0.2) is 24.1 Å². The first kappa shape index (κ1) is 6.56. The van der Waals surface area contributed by atoms with Crippen LogP contribution in [0.1, 0.15) is 0 Å². The zero-order valence-corrected chi connectivity index (χ0v) is 5.47. The van der Waals surface area contributed by atoms with Gasteiger partial charge in [-0.2, -0.15) is 0 Å². The van der Waals surface area contributed by atoms with Crippen molar-refractivity contribution in [2.45, 2.75) is 12.2 Å². The van der Waals surface area contributed by atoms with Crippen molar-refractivity contribution in [1.29, 1.82) is 0 Å². The molecule has 2 heterocycles. The number of carbonyl (C=O) groups excluding carboxylic acids is 2. The Hall–Kier alpha value is -1.14. The van der Waals surface area contributed by atoms with Crippen LogP contribution in [0.25, 0.3) is 0 Å². The second-order valence-corrected chi connectivity index (χ2v) is 2.33. The van der Waals surface area contributed by atoms with Gasteiger partial charge in [0.2, 0.25) is 5.91 Å². The van der Waals surface area contributed by atoms with Gasteiger partial charge in [-0.3, -0.25) is 20.7 Å². The molecule has 2 radical (unpaired) electrons. The molecule has 4 N–H and O–H groups in total. The molecular formula is C5H6N4O2. The lowest BCUT2D eigenvalue weighted by atomic mass is 10.2. The Morgan fingerprint density at radius 1 is 1.27 bits per heavy atom. The van der Waals surface area contributed by atoms with Crippen molar-refractivity contribution in [1.82, 2.24) is 21.3 Å². The first-order valence-corrected chi connectivity index (χ1v) is 3.15. The Labute approximate surface area is 62.7 Å². The second-order valence-electron chi connectivity index (χ2n) is 2.33. The van der Waals surface area contributed by atoms with Gasteiger partial charge in [-0.05, 0) is 0 Å². The van der Waals surface area contributed by atoms with E-state index in [1.54, 1.807) is 0 Å². The van der Waals surface area contributed by atoms with E-state index < -0.39 is 12.1 Å². The van der Waals surface area contributed by atoms with Crippen LogP contribution in [0.5, 0.6) is 0 Å². The van der Waals surface area contributed by atoms with E-state index in [1.807, 2.05) is 0 Å². The van der Waals surface area contributed by atoms with E-state index in [1.165, 1.54) is 0 Å². The van der Waals surface area contributed by atoms with Gasteiger partial charge >= 0.3 is 6.03 Å². The molecule has 6 heteroatoms. The summed E-state index contributed by atoms with van der Waals surface area (Å²) in [4.78, 5) is 21.6. The molecule has 0 aromatic carbocycles. The summed E-state index contributed by atoms with van der Waals surface area (Å²) in [5.41, 5.74) is 0. The minimum atomic E-state index is -0.478. The third-order valence-electron chi connectivity index (χ3n) is 1.59. The molecule has 6 nitrogen and oxygen atoms in total. The highest BCUT2D eigenvalue weighted by Crippen LogP contribution is 2.02. The molecular weight excluding hydrogens is 148 g/mol. The van der Waals surface area contributed by atoms with Gasteiger partial charge in [0.15, 0.2) is 0 Å². The van der Waals surface area contributed by atoms with Gasteiger partial charge in [0.25, 0.3) is 0 Å². The van der Waals surface area contributed by atoms with E-state index in [0.717, 1.165) is 0 Å². The molecule has 0 aliphatic carbocycles. The molecule has 2 aliphatic rings. The van der Waals surface area contributed by atoms with Crippen LogP contribution in [0.3, 0.4) is 0 Å². The van der Waals surface area contributed by atoms with Crippen LogP contribution >= 0.6 is 0 Å². The van der Waals surface area contributed by atoms with Crippen LogP contribution < -0.4 is 21.3 Å². The Balaban J connectivity index is 2.16. The molecule has 2 saturated heterocycles. The van der Waals surface area contributed by atoms with E-state index in [2.05, 4.69) is 27.9 Å². The van der Waals surface area contributed by atoms with E-state index in [-0.39, 0.29) is 12.1 Å². The minimum absolute atomic E-state index is 0.337. The predicted octanol–water partition coefficient (Wildman–Crippen LogP) is -2.29. The monoisotopic (exact) mass is 154 g/mol. The number of hydrogen-bond acceptors (Lipinski definition) is 4. The molecule has 0 bridgehead atoms. The van der Waals surface area contributed by atoms with Crippen molar-refractivity contribution in [3.63, 3.8) is 0 Å². The molecule has 0 aromatic rings. The lowest BCUT2D eigenvalue weighted by Crippen LogP contribution is -2.64. The fourth-order valence-electron chi connectivity index (χ4n) is 1.07. The number of urea groups is 1. The average molecular weight is 154 g/mol. The summed E-state index contributed by atoms with van der Waals surface area (Å²) in [5, 5.41) is 9.93. The molecule has 0 saturated carbocycles. The number of nitrogens with one attached hydrogen (secondary N) is 4. The normalized spacial score (nSPS) is 36.0. The summed E-state index contributed by atoms with van der Waals surface area (Å²) in [5.74, 6) is -0.337. The van der Waals surface area contributed by atoms with E-state index in [0.29, 0.717) is 0 Å². The third-order valence-corrected chi connectivity index (χ3v) is 1.59. The smallest absolute Gasteiger partial charge is 0.320 e. The molecule has 0 aromatic heterocycles. The summed E-state index contributed by atoms with van der Waals surface area (Å²) >= 11 is 0. The standard InChI is InChI=1S/C5H6N4O2/c10-4-2-3(7-1-6-2)8-5(11)9-4/h2-3,6-7H,(H2,8,9,10,11). The zero-order chi connectivity index (χ0) is 7.84. The van der Waals surface area contributed by atoms with E-state index in [9.17, 15) is 9.59 Å². The summed E-state index contributed by atoms with van der Waals surface area (Å²) < 4.78 is 0. The Kier molecular flexibility index (Phi) is 1.30. The van der Waals surface area contributed by atoms with Crippen molar-refractivity contribution in [2.24, 2.45) is 0 Å². The van der Waals surface area contributed by atoms with Crippen LogP contribution in [0.4, 0.5) is 4.79 Å². The minimum Gasteiger partial charge on any atom is -0.320 e. The number of hydrogen-bond donors (Lipinski definition) is 4. The van der Waals surface area contributed by atoms with Gasteiger partial charge in [0.1, 0.15) is 18.9 Å². The molecule has 2 atom stereocenters. The largest absolute Gasteiger partial charge is 0.322 e. The maximum atomic E-state index is 11.0. The Morgan fingerprint density at radius 3 is 2.91 bits per heavy atom. The van der Waals surface area contributed by atoms with Gasteiger partial charge < -0.3 is 5.32 Å². The molecule has 2 rings (SSSR count). The first-order chi connectivity index (χ1) is 5.27. The SMILES string of the molecule is O=C1NC(=O)C2N[C]NC2N1. The van der Waals surface area contributed by atoms with E-state index in [4.69, 9.17) is 0 Å². The molecule has 2 aliphatic heterocycles. The van der Waals surface area contributed by atoms with Crippen LogP contribution in [0, 0.1) is 6.67 Å². The van der Waals surface area contributed by atoms with Gasteiger partial charge in [-0.25, -0.2) is 4.79 Å². The van der Waals surface area contributed by atoms with Crippen LogP contribution in [0.15, 0.2) is 0 Å². The number of rotatable bonds is 0. The molecule has 2 fully saturated rings. The quantitative estimate of drug-likeness (QED) is 0.316. The number of carbonyl (C=O) groups is 2. The molecule has 2 unspecified atom stereocenters. The average Bonchev–Trinajstić information content (AvgIpc) is 2.34. The summed E-state index contributed by atoms with van der Waals surface area (Å²) in [6.07, 6.45) is -0.365. The highest BCUT2D eigenvalue weighted by atomic mass is 16.2. The Bertz CT molecular complexity index is 217. The zero-order valence-electron chi connectivity index (χ0n) is 5.47. The van der Waals surface area contributed by atoms with Crippen molar-refractivity contribution in [3.8, 4) is 0 Å². The summed E-state index contributed by atoms with van der Waals surface area (Å²) in [6, 6.07) is -0.915. The van der Waals surface area contributed by atoms with Gasteiger partial charge in [-0.15, -0.1) is 0 Å². The Morgan fingerprint density at radius 2 is 2.09 bits per heavy atom. The topological polar surface area (TPSA) is 82.3 Å². The predicted molar refractivity (Wildman–Crippen MR) is 33.8 cm³/mol. The number of amides is 3. The third kappa shape index (κ3) is 0.958. The number of imide groups is 1. The van der Waals surface area contributed by atoms with Crippen LogP contribution in [0.2, 0.25) is 0 Å². The van der Waals surface area contributed by atoms with Crippen molar-refractivity contribution < 1.29 is 9.59 Å². The van der Waals surface area contributed by atoms with Crippen molar-refractivity contribution >= 4 is 11.9 Å². The van der Waals surface area contributed by atoms with Crippen molar-refractivity contribution in [2.75, 3.05) is 0 Å². The number of fused-ring (bicyclic) bond motifs is 1. The molecule has 58 valence electrons. The fraction of sp³-hybridized carbons (Fsp3) is 0.400. The summed E-state index contributed by atoms with van der Waals surface area (Å²) in [6.45, 7) is 2.54. The van der Waals surface area contributed by atoms with Crippen LogP contribution in [-0.2, 0) is 4.79 Å². The van der Waals surface area contributed by atoms with Gasteiger partial charge in [0, 0.05) is 0 Å². The first-order valence-electron chi connectivity index (χ1n) is 3.15. The highest BCUT2D eigenvalue weighted by Gasteiger charge is 2.38. The van der Waals surface area contributed by atoms with E-state index >= 15 is 0 Å². The fourth-order valence-corrected chi connectivity index (χ4v) is 1.07. The lowest BCUT2D eigenvalue weighted by molar-refractivity contribution is -0.122. The second kappa shape index (κ2) is 2.18. The molecule has 0 spiro atoms. The molecule has 3 amide bonds. The van der Waals surface area contributed by atoms with Crippen molar-refractivity contribution in [3.05, 3.63) is 6.67 Å². The van der Waals surface area contributed by atoms with Gasteiger partial charge in [0.05, 0.1) is 0 Å². The maximum Gasteiger partial charge on any atom is 0.322 e.